The van der Waals surface area contributed by atoms with E-state index in [1.165, 1.54) is 6.07 Å². The van der Waals surface area contributed by atoms with Crippen molar-refractivity contribution in [3.63, 3.8) is 0 Å². The van der Waals surface area contributed by atoms with E-state index in [0.717, 1.165) is 0 Å². The predicted molar refractivity (Wildman–Crippen MR) is 82.3 cm³/mol. The molecule has 0 aromatic heterocycles. The van der Waals surface area contributed by atoms with E-state index in [1.807, 2.05) is 0 Å². The zero-order chi connectivity index (χ0) is 15.4. The second-order valence-corrected chi connectivity index (χ2v) is 5.05. The first-order valence-corrected chi connectivity index (χ1v) is 6.67. The summed E-state index contributed by atoms with van der Waals surface area (Å²) in [7, 11) is 0. The molecule has 0 atom stereocenters. The molecule has 2 aromatic carbocycles. The minimum atomic E-state index is -1.00. The van der Waals surface area contributed by atoms with Crippen molar-refractivity contribution in [1.82, 2.24) is 0 Å². The van der Waals surface area contributed by atoms with Crippen LogP contribution in [0.1, 0.15) is 5.56 Å². The van der Waals surface area contributed by atoms with Crippen molar-refractivity contribution in [3.05, 3.63) is 57.0 Å². The second kappa shape index (κ2) is 7.85. The number of rotatable bonds is 4. The summed E-state index contributed by atoms with van der Waals surface area (Å²) in [6.07, 6.45) is -0.228. The molecule has 0 amide bonds. The molecule has 114 valence electrons. The molecule has 0 saturated carbocycles. The molecule has 5 nitrogen and oxygen atoms in total. The van der Waals surface area contributed by atoms with E-state index in [2.05, 4.69) is 10.3 Å². The minimum absolute atomic E-state index is 0. The summed E-state index contributed by atoms with van der Waals surface area (Å²) in [5.41, 5.74) is 1.73. The molecule has 0 spiro atoms. The summed E-state index contributed by atoms with van der Waals surface area (Å²) in [4.78, 5) is 14.0. The van der Waals surface area contributed by atoms with Gasteiger partial charge >= 0.3 is 11.7 Å². The van der Waals surface area contributed by atoms with Crippen LogP contribution in [-0.4, -0.2) is 11.1 Å². The van der Waals surface area contributed by atoms with E-state index in [1.54, 1.807) is 30.3 Å². The van der Waals surface area contributed by atoms with E-state index in [0.29, 0.717) is 27.0 Å². The van der Waals surface area contributed by atoms with Crippen LogP contribution in [0.15, 0.2) is 36.4 Å². The molecule has 0 aliphatic heterocycles. The third kappa shape index (κ3) is 4.25. The zero-order valence-electron chi connectivity index (χ0n) is 11.1. The Kier molecular flexibility index (Phi) is 6.44. The summed E-state index contributed by atoms with van der Waals surface area (Å²) >= 11 is 12.1. The summed E-state index contributed by atoms with van der Waals surface area (Å²) in [5, 5.41) is 21.6. The van der Waals surface area contributed by atoms with Crippen LogP contribution >= 0.6 is 23.2 Å². The number of halogens is 3. The Morgan fingerprint density at radius 3 is 2.41 bits per heavy atom. The maximum atomic E-state index is 10.9. The number of anilines is 2. The molecule has 0 unspecified atom stereocenters. The van der Waals surface area contributed by atoms with E-state index in [-0.39, 0.29) is 24.5 Å². The number of carboxylic acids is 1. The van der Waals surface area contributed by atoms with Crippen molar-refractivity contribution >= 4 is 46.2 Å². The molecule has 0 radical (unpaired) electrons. The van der Waals surface area contributed by atoms with Gasteiger partial charge in [0, 0.05) is 17.8 Å². The number of aliphatic carboxylic acids is 1. The summed E-state index contributed by atoms with van der Waals surface area (Å²) in [6, 6.07) is 9.67. The number of carboxylic acid groups (broad SMARTS) is 1. The molecule has 0 saturated heterocycles. The Labute approximate surface area is 142 Å². The summed E-state index contributed by atoms with van der Waals surface area (Å²) in [5.74, 6) is -1.00. The molecule has 2 rings (SSSR count). The fraction of sp³-hybridized carbons (Fsp3) is 0.0714. The third-order valence-electron chi connectivity index (χ3n) is 2.77. The van der Waals surface area contributed by atoms with Crippen molar-refractivity contribution in [2.45, 2.75) is 6.42 Å². The molecule has 0 aliphatic rings. The second-order valence-electron chi connectivity index (χ2n) is 4.23. The molecule has 0 aliphatic carbocycles. The third-order valence-corrected chi connectivity index (χ3v) is 3.40. The molecule has 8 heteroatoms. The van der Waals surface area contributed by atoms with E-state index < -0.39 is 5.97 Å². The van der Waals surface area contributed by atoms with Gasteiger partial charge in [-0.1, -0.05) is 29.3 Å². The molecule has 2 N–H and O–H groups in total. The topological polar surface area (TPSA) is 77.5 Å². The SMILES string of the molecule is N#[N+]c1ccc(Nc2c(Cl)cccc2Cl)c(CC(=O)O)c1.[Cl-]. The number of nitrogens with one attached hydrogen (secondary N) is 1. The number of benzene rings is 2. The van der Waals surface area contributed by atoms with Gasteiger partial charge in [0.1, 0.15) is 0 Å². The maximum absolute atomic E-state index is 10.9. The normalized spacial score (nSPS) is 9.50. The van der Waals surface area contributed by atoms with Crippen molar-refractivity contribution in [2.24, 2.45) is 0 Å². The van der Waals surface area contributed by atoms with E-state index >= 15 is 0 Å². The number of nitrogens with zero attached hydrogens (tertiary/aromatic N) is 2. The van der Waals surface area contributed by atoms with Gasteiger partial charge in [-0.2, -0.15) is 0 Å². The fourth-order valence-electron chi connectivity index (χ4n) is 1.83. The van der Waals surface area contributed by atoms with Crippen LogP contribution in [0.5, 0.6) is 0 Å². The first-order valence-electron chi connectivity index (χ1n) is 5.92. The molecular formula is C14H10Cl3N3O2. The fourth-order valence-corrected chi connectivity index (χ4v) is 2.32. The van der Waals surface area contributed by atoms with Gasteiger partial charge in [-0.25, -0.2) is 0 Å². The molecular weight excluding hydrogens is 349 g/mol. The van der Waals surface area contributed by atoms with Crippen molar-refractivity contribution < 1.29 is 22.3 Å². The predicted octanol–water partition coefficient (Wildman–Crippen LogP) is 1.85. The van der Waals surface area contributed by atoms with Crippen molar-refractivity contribution in [1.29, 1.82) is 5.39 Å². The van der Waals surface area contributed by atoms with Crippen LogP contribution in [0, 0.1) is 5.39 Å². The quantitative estimate of drug-likeness (QED) is 0.818. The Morgan fingerprint density at radius 2 is 1.86 bits per heavy atom. The Balaban J connectivity index is 0.00000242. The van der Waals surface area contributed by atoms with Gasteiger partial charge in [0.25, 0.3) is 0 Å². The van der Waals surface area contributed by atoms with Gasteiger partial charge in [-0.05, 0) is 23.8 Å². The molecule has 0 fully saturated rings. The lowest BCUT2D eigenvalue weighted by Gasteiger charge is -2.12. The number of diazo groups is 1. The summed E-state index contributed by atoms with van der Waals surface area (Å²) in [6.45, 7) is 0. The monoisotopic (exact) mass is 357 g/mol. The van der Waals surface area contributed by atoms with Crippen LogP contribution in [0.3, 0.4) is 0 Å². The highest BCUT2D eigenvalue weighted by molar-refractivity contribution is 6.39. The minimum Gasteiger partial charge on any atom is -1.00 e. The number of para-hydroxylation sites is 1. The smallest absolute Gasteiger partial charge is 0.385 e. The Morgan fingerprint density at radius 1 is 1.23 bits per heavy atom. The average Bonchev–Trinajstić information content (AvgIpc) is 2.43. The van der Waals surface area contributed by atoms with Crippen LogP contribution in [0.2, 0.25) is 10.0 Å². The maximum Gasteiger partial charge on any atom is 0.385 e. The van der Waals surface area contributed by atoms with Crippen LogP contribution in [0.25, 0.3) is 4.98 Å². The highest BCUT2D eigenvalue weighted by Crippen LogP contribution is 2.34. The Bertz CT molecular complexity index is 724. The summed E-state index contributed by atoms with van der Waals surface area (Å²) < 4.78 is 0. The van der Waals surface area contributed by atoms with Crippen LogP contribution in [-0.2, 0) is 11.2 Å². The molecule has 22 heavy (non-hydrogen) atoms. The molecule has 0 bridgehead atoms. The number of carbonyl (C=O) groups is 1. The number of hydrogen-bond acceptors (Lipinski definition) is 3. The highest BCUT2D eigenvalue weighted by Gasteiger charge is 2.15. The van der Waals surface area contributed by atoms with Gasteiger partial charge in [-0.3, -0.25) is 4.79 Å². The lowest BCUT2D eigenvalue weighted by Crippen LogP contribution is -3.00. The van der Waals surface area contributed by atoms with E-state index in [9.17, 15) is 4.79 Å². The average molecular weight is 359 g/mol. The number of hydrogen-bond donors (Lipinski definition) is 2. The largest absolute Gasteiger partial charge is 1.00 e. The molecule has 0 heterocycles. The highest BCUT2D eigenvalue weighted by atomic mass is 35.5. The lowest BCUT2D eigenvalue weighted by atomic mass is 10.1. The van der Waals surface area contributed by atoms with Gasteiger partial charge in [0.2, 0.25) is 5.39 Å². The first kappa shape index (κ1) is 18.1. The Hall–Kier alpha value is -2.00. The lowest BCUT2D eigenvalue weighted by molar-refractivity contribution is -0.136. The van der Waals surface area contributed by atoms with Crippen molar-refractivity contribution in [3.8, 4) is 0 Å². The van der Waals surface area contributed by atoms with E-state index in [4.69, 9.17) is 33.7 Å². The zero-order valence-corrected chi connectivity index (χ0v) is 13.3. The van der Waals surface area contributed by atoms with Gasteiger partial charge in [0.15, 0.2) is 4.98 Å². The van der Waals surface area contributed by atoms with Gasteiger partial charge in [0.05, 0.1) is 22.2 Å². The van der Waals surface area contributed by atoms with Crippen molar-refractivity contribution in [2.75, 3.05) is 5.32 Å². The van der Waals surface area contributed by atoms with Gasteiger partial charge in [-0.15, -0.1) is 0 Å². The first-order chi connectivity index (χ1) is 10.0. The van der Waals surface area contributed by atoms with Crippen LogP contribution in [0.4, 0.5) is 17.1 Å². The van der Waals surface area contributed by atoms with Gasteiger partial charge < -0.3 is 22.8 Å². The van der Waals surface area contributed by atoms with Crippen LogP contribution < -0.4 is 17.7 Å². The standard InChI is InChI=1S/C14H9Cl2N3O2.ClH/c15-10-2-1-3-11(16)14(10)18-12-5-4-9(19-17)6-8(12)7-13(20)21;/h1-6,18H,7H2;1H. The molecule has 2 aromatic rings.